The number of aromatic carboxylic acids is 1. The molecule has 2 aromatic rings. The number of carbonyl (C=O) groups is 1. The van der Waals surface area contributed by atoms with Crippen molar-refractivity contribution >= 4 is 27.6 Å². The zero-order valence-corrected chi connectivity index (χ0v) is 11.7. The average Bonchev–Trinajstić information content (AvgIpc) is 2.85. The van der Waals surface area contributed by atoms with Gasteiger partial charge in [0.1, 0.15) is 5.82 Å². The van der Waals surface area contributed by atoms with Crippen molar-refractivity contribution in [1.82, 2.24) is 9.55 Å². The smallest absolute Gasteiger partial charge is 0.338 e. The van der Waals surface area contributed by atoms with Crippen LogP contribution < -0.4 is 4.90 Å². The largest absolute Gasteiger partial charge is 0.478 e. The number of carboxylic acids is 1. The van der Waals surface area contributed by atoms with E-state index in [0.29, 0.717) is 16.6 Å². The van der Waals surface area contributed by atoms with Crippen molar-refractivity contribution in [3.63, 3.8) is 0 Å². The van der Waals surface area contributed by atoms with Crippen molar-refractivity contribution in [2.45, 2.75) is 13.1 Å². The molecule has 2 heterocycles. The van der Waals surface area contributed by atoms with Gasteiger partial charge in [0.25, 0.3) is 0 Å². The van der Waals surface area contributed by atoms with E-state index >= 15 is 0 Å². The Balaban J connectivity index is 2.00. The van der Waals surface area contributed by atoms with E-state index in [2.05, 4.69) is 30.4 Å². The predicted octanol–water partition coefficient (Wildman–Crippen LogP) is 2.36. The number of hydrogen-bond donors (Lipinski definition) is 1. The lowest BCUT2D eigenvalue weighted by molar-refractivity contribution is 0.0696. The van der Waals surface area contributed by atoms with Gasteiger partial charge >= 0.3 is 5.97 Å². The van der Waals surface area contributed by atoms with Crippen molar-refractivity contribution in [3.05, 3.63) is 46.5 Å². The van der Waals surface area contributed by atoms with Crippen LogP contribution >= 0.6 is 15.9 Å². The van der Waals surface area contributed by atoms with E-state index in [-0.39, 0.29) is 0 Å². The van der Waals surface area contributed by atoms with E-state index in [1.165, 1.54) is 0 Å². The molecule has 1 aliphatic heterocycles. The lowest BCUT2D eigenvalue weighted by Gasteiger charge is -2.30. The van der Waals surface area contributed by atoms with Crippen LogP contribution in [0.3, 0.4) is 0 Å². The molecule has 0 spiro atoms. The monoisotopic (exact) mass is 321 g/mol. The highest BCUT2D eigenvalue weighted by Gasteiger charge is 2.22. The van der Waals surface area contributed by atoms with Crippen molar-refractivity contribution in [1.29, 1.82) is 0 Å². The molecule has 1 aromatic heterocycles. The molecule has 0 amide bonds. The molecule has 0 saturated carbocycles. The summed E-state index contributed by atoms with van der Waals surface area (Å²) in [6.07, 6.45) is 3.73. The van der Waals surface area contributed by atoms with Crippen LogP contribution in [-0.4, -0.2) is 27.2 Å². The molecule has 1 N–H and O–H groups in total. The summed E-state index contributed by atoms with van der Waals surface area (Å²) in [6.45, 7) is 2.23. The van der Waals surface area contributed by atoms with E-state index in [9.17, 15) is 9.90 Å². The number of imidazole rings is 1. The molecule has 1 aromatic carbocycles. The first-order valence-corrected chi connectivity index (χ1v) is 6.73. The minimum absolute atomic E-state index is 0.308. The molecule has 0 radical (unpaired) electrons. The van der Waals surface area contributed by atoms with Gasteiger partial charge in [-0.05, 0) is 28.1 Å². The summed E-state index contributed by atoms with van der Waals surface area (Å²) < 4.78 is 2.70. The maximum absolute atomic E-state index is 11.4. The minimum atomic E-state index is -0.920. The van der Waals surface area contributed by atoms with E-state index in [1.54, 1.807) is 12.3 Å². The number of halogens is 1. The Labute approximate surface area is 118 Å². The Morgan fingerprint density at radius 1 is 1.37 bits per heavy atom. The van der Waals surface area contributed by atoms with Crippen LogP contribution in [0, 0.1) is 0 Å². The summed E-state index contributed by atoms with van der Waals surface area (Å²) in [5.41, 5.74) is 1.04. The summed E-state index contributed by atoms with van der Waals surface area (Å²) >= 11 is 3.31. The molecule has 3 rings (SSSR count). The fourth-order valence-electron chi connectivity index (χ4n) is 2.37. The van der Waals surface area contributed by atoms with Crippen LogP contribution in [0.15, 0.2) is 35.1 Å². The third-order valence-electron chi connectivity index (χ3n) is 3.29. The molecular weight excluding hydrogens is 310 g/mol. The van der Waals surface area contributed by atoms with Gasteiger partial charge in [0, 0.05) is 30.0 Å². The Morgan fingerprint density at radius 2 is 2.21 bits per heavy atom. The summed E-state index contributed by atoms with van der Waals surface area (Å²) in [4.78, 5) is 17.7. The number of anilines is 1. The maximum Gasteiger partial charge on any atom is 0.338 e. The molecule has 0 fully saturated rings. The van der Waals surface area contributed by atoms with Crippen molar-refractivity contribution < 1.29 is 9.90 Å². The van der Waals surface area contributed by atoms with Crippen LogP contribution in [0.4, 0.5) is 5.69 Å². The molecule has 19 heavy (non-hydrogen) atoms. The molecule has 0 atom stereocenters. The third kappa shape index (κ3) is 2.12. The highest BCUT2D eigenvalue weighted by molar-refractivity contribution is 9.10. The van der Waals surface area contributed by atoms with Crippen LogP contribution in [0.25, 0.3) is 0 Å². The van der Waals surface area contributed by atoms with Gasteiger partial charge in [0.2, 0.25) is 0 Å². The molecule has 6 heteroatoms. The fourth-order valence-corrected chi connectivity index (χ4v) is 2.89. The highest BCUT2D eigenvalue weighted by Crippen LogP contribution is 2.30. The van der Waals surface area contributed by atoms with E-state index < -0.39 is 5.97 Å². The Morgan fingerprint density at radius 3 is 3.00 bits per heavy atom. The van der Waals surface area contributed by atoms with E-state index in [1.807, 2.05) is 18.3 Å². The second-order valence-corrected chi connectivity index (χ2v) is 5.25. The van der Waals surface area contributed by atoms with Crippen LogP contribution in [-0.2, 0) is 13.1 Å². The summed E-state index contributed by atoms with van der Waals surface area (Å²) in [5.74, 6) is 0.0407. The zero-order valence-electron chi connectivity index (χ0n) is 10.1. The number of fused-ring (bicyclic) bond motifs is 1. The standard InChI is InChI=1S/C13H12BrN3O2/c14-9-2-1-3-10(12(9)13(18)19)17-7-6-16-5-4-15-11(16)8-17/h1-5H,6-8H2,(H,18,19). The molecule has 98 valence electrons. The molecular formula is C13H12BrN3O2. The van der Waals surface area contributed by atoms with Crippen molar-refractivity contribution in [2.24, 2.45) is 0 Å². The van der Waals surface area contributed by atoms with Crippen LogP contribution in [0.5, 0.6) is 0 Å². The van der Waals surface area contributed by atoms with Crippen LogP contribution in [0.2, 0.25) is 0 Å². The van der Waals surface area contributed by atoms with Gasteiger partial charge in [-0.15, -0.1) is 0 Å². The van der Waals surface area contributed by atoms with Gasteiger partial charge in [-0.25, -0.2) is 9.78 Å². The second kappa shape index (κ2) is 4.70. The van der Waals surface area contributed by atoms with Gasteiger partial charge in [0.15, 0.2) is 0 Å². The van der Waals surface area contributed by atoms with Gasteiger partial charge in [-0.3, -0.25) is 0 Å². The van der Waals surface area contributed by atoms with Crippen molar-refractivity contribution in [2.75, 3.05) is 11.4 Å². The molecule has 0 unspecified atom stereocenters. The Bertz CT molecular complexity index is 639. The van der Waals surface area contributed by atoms with Gasteiger partial charge in [0.05, 0.1) is 17.8 Å². The highest BCUT2D eigenvalue weighted by atomic mass is 79.9. The quantitative estimate of drug-likeness (QED) is 0.922. The normalized spacial score (nSPS) is 14.3. The lowest BCUT2D eigenvalue weighted by atomic mass is 10.1. The summed E-state index contributed by atoms with van der Waals surface area (Å²) in [7, 11) is 0. The lowest BCUT2D eigenvalue weighted by Crippen LogP contribution is -2.34. The molecule has 0 saturated heterocycles. The predicted molar refractivity (Wildman–Crippen MR) is 74.4 cm³/mol. The SMILES string of the molecule is O=C(O)c1c(Br)cccc1N1CCn2ccnc2C1. The van der Waals surface area contributed by atoms with Crippen LogP contribution in [0.1, 0.15) is 16.2 Å². The topological polar surface area (TPSA) is 58.4 Å². The Hall–Kier alpha value is -1.82. The van der Waals surface area contributed by atoms with Gasteiger partial charge in [-0.2, -0.15) is 0 Å². The Kier molecular flexibility index (Phi) is 3.02. The number of nitrogens with zero attached hydrogens (tertiary/aromatic N) is 3. The van der Waals surface area contributed by atoms with Gasteiger partial charge < -0.3 is 14.6 Å². The number of carboxylic acid groups (broad SMARTS) is 1. The first-order chi connectivity index (χ1) is 9.16. The number of aromatic nitrogens is 2. The molecule has 1 aliphatic rings. The number of benzene rings is 1. The average molecular weight is 322 g/mol. The summed E-state index contributed by atoms with van der Waals surface area (Å²) in [5, 5.41) is 9.35. The first kappa shape index (κ1) is 12.2. The van der Waals surface area contributed by atoms with E-state index in [0.717, 1.165) is 24.6 Å². The second-order valence-electron chi connectivity index (χ2n) is 4.40. The zero-order chi connectivity index (χ0) is 13.4. The minimum Gasteiger partial charge on any atom is -0.478 e. The number of hydrogen-bond acceptors (Lipinski definition) is 3. The maximum atomic E-state index is 11.4. The molecule has 0 bridgehead atoms. The van der Waals surface area contributed by atoms with Gasteiger partial charge in [-0.1, -0.05) is 6.07 Å². The van der Waals surface area contributed by atoms with E-state index in [4.69, 9.17) is 0 Å². The fraction of sp³-hybridized carbons (Fsp3) is 0.231. The molecule has 5 nitrogen and oxygen atoms in total. The third-order valence-corrected chi connectivity index (χ3v) is 3.95. The number of rotatable bonds is 2. The molecule has 0 aliphatic carbocycles. The first-order valence-electron chi connectivity index (χ1n) is 5.93. The summed E-state index contributed by atoms with van der Waals surface area (Å²) in [6, 6.07) is 5.44. The van der Waals surface area contributed by atoms with Crippen molar-refractivity contribution in [3.8, 4) is 0 Å².